The molecular weight excluding hydrogens is 409 g/mol. The number of amides is 1. The summed E-state index contributed by atoms with van der Waals surface area (Å²) >= 11 is 0. The van der Waals surface area contributed by atoms with Crippen LogP contribution in [0.4, 0.5) is 10.1 Å². The predicted molar refractivity (Wildman–Crippen MR) is 117 cm³/mol. The van der Waals surface area contributed by atoms with Crippen molar-refractivity contribution in [2.75, 3.05) is 5.32 Å². The molecule has 0 unspecified atom stereocenters. The van der Waals surface area contributed by atoms with Crippen molar-refractivity contribution in [1.29, 1.82) is 0 Å². The average Bonchev–Trinajstić information content (AvgIpc) is 3.31. The van der Waals surface area contributed by atoms with Crippen LogP contribution < -0.4 is 5.32 Å². The molecule has 1 aliphatic heterocycles. The minimum atomic E-state index is -0.521. The monoisotopic (exact) mass is 431 g/mol. The summed E-state index contributed by atoms with van der Waals surface area (Å²) in [6, 6.07) is 10.1. The van der Waals surface area contributed by atoms with Crippen LogP contribution in [-0.4, -0.2) is 35.4 Å². The van der Waals surface area contributed by atoms with Crippen LogP contribution in [0.3, 0.4) is 0 Å². The van der Waals surface area contributed by atoms with E-state index in [-0.39, 0.29) is 5.69 Å². The van der Waals surface area contributed by atoms with Gasteiger partial charge < -0.3 is 9.88 Å². The van der Waals surface area contributed by atoms with Crippen molar-refractivity contribution in [2.24, 2.45) is 0 Å². The van der Waals surface area contributed by atoms with Crippen molar-refractivity contribution in [3.63, 3.8) is 0 Å². The Morgan fingerprint density at radius 1 is 1.12 bits per heavy atom. The number of hydrogen-bond donors (Lipinski definition) is 1. The van der Waals surface area contributed by atoms with E-state index in [0.29, 0.717) is 28.5 Å². The van der Waals surface area contributed by atoms with Crippen molar-refractivity contribution in [2.45, 2.75) is 39.2 Å². The van der Waals surface area contributed by atoms with Crippen LogP contribution in [0.5, 0.6) is 0 Å². The first kappa shape index (κ1) is 20.0. The summed E-state index contributed by atoms with van der Waals surface area (Å²) in [6.07, 6.45) is 7.30. The second kappa shape index (κ2) is 8.33. The number of nitrogens with zero attached hydrogens (tertiary/aromatic N) is 6. The Hall–Kier alpha value is -3.88. The maximum atomic E-state index is 14.6. The fourth-order valence-corrected chi connectivity index (χ4v) is 3.99. The first-order valence-corrected chi connectivity index (χ1v) is 10.6. The van der Waals surface area contributed by atoms with E-state index in [2.05, 4.69) is 30.2 Å². The minimum absolute atomic E-state index is 0.0865. The van der Waals surface area contributed by atoms with Crippen molar-refractivity contribution in [1.82, 2.24) is 29.5 Å². The molecule has 0 saturated carbocycles. The molecule has 0 bridgehead atoms. The Morgan fingerprint density at radius 3 is 2.88 bits per heavy atom. The van der Waals surface area contributed by atoms with E-state index in [1.165, 1.54) is 12.3 Å². The fraction of sp³-hybridized carbons (Fsp3) is 0.261. The lowest BCUT2D eigenvalue weighted by atomic mass is 10.1. The number of benzene rings is 1. The molecule has 32 heavy (non-hydrogen) atoms. The number of carbonyl (C=O) groups is 1. The zero-order chi connectivity index (χ0) is 22.1. The van der Waals surface area contributed by atoms with E-state index in [0.717, 1.165) is 38.1 Å². The van der Waals surface area contributed by atoms with Crippen LogP contribution in [0, 0.1) is 12.7 Å². The van der Waals surface area contributed by atoms with E-state index in [4.69, 9.17) is 0 Å². The van der Waals surface area contributed by atoms with Gasteiger partial charge in [-0.15, -0.1) is 10.2 Å². The molecular formula is C23H22FN7O. The van der Waals surface area contributed by atoms with Gasteiger partial charge in [-0.3, -0.25) is 4.79 Å². The minimum Gasteiger partial charge on any atom is -0.319 e. The van der Waals surface area contributed by atoms with Crippen molar-refractivity contribution in [3.05, 3.63) is 71.7 Å². The van der Waals surface area contributed by atoms with E-state index in [1.807, 2.05) is 6.07 Å². The highest BCUT2D eigenvalue weighted by Gasteiger charge is 2.20. The zero-order valence-electron chi connectivity index (χ0n) is 17.6. The van der Waals surface area contributed by atoms with Gasteiger partial charge in [0, 0.05) is 24.7 Å². The first-order valence-electron chi connectivity index (χ1n) is 10.6. The number of fused-ring (bicyclic) bond motifs is 1. The molecule has 8 nitrogen and oxygen atoms in total. The first-order chi connectivity index (χ1) is 15.6. The van der Waals surface area contributed by atoms with Gasteiger partial charge in [0.1, 0.15) is 11.6 Å². The van der Waals surface area contributed by atoms with Crippen molar-refractivity contribution < 1.29 is 9.18 Å². The number of halogens is 1. The number of rotatable bonds is 4. The van der Waals surface area contributed by atoms with Gasteiger partial charge in [-0.1, -0.05) is 12.5 Å². The number of carbonyl (C=O) groups excluding carboxylic acids is 1. The molecule has 0 fully saturated rings. The van der Waals surface area contributed by atoms with E-state index in [1.54, 1.807) is 42.1 Å². The SMILES string of the molecule is Cc1c(C(=O)Nc2cc(-c3nnc4n3CCCCC4)ccc2F)cnn1-c1ccccn1. The fourth-order valence-electron chi connectivity index (χ4n) is 3.99. The number of pyridine rings is 1. The van der Waals surface area contributed by atoms with Gasteiger partial charge in [0.05, 0.1) is 23.1 Å². The maximum absolute atomic E-state index is 14.6. The summed E-state index contributed by atoms with van der Waals surface area (Å²) in [7, 11) is 0. The molecule has 0 spiro atoms. The zero-order valence-corrected chi connectivity index (χ0v) is 17.6. The third-order valence-electron chi connectivity index (χ3n) is 5.70. The molecule has 0 radical (unpaired) electrons. The molecule has 1 aliphatic rings. The average molecular weight is 431 g/mol. The standard InChI is InChI=1S/C23H22FN7O/c1-15-17(14-26-31(15)20-7-4-5-11-25-20)23(32)27-19-13-16(9-10-18(19)24)22-29-28-21-8-3-2-6-12-30(21)22/h4-5,7,9-11,13-14H,2-3,6,8,12H2,1H3,(H,27,32). The Kier molecular flexibility index (Phi) is 5.22. The number of nitrogens with one attached hydrogen (secondary N) is 1. The molecule has 9 heteroatoms. The molecule has 3 aromatic heterocycles. The lowest BCUT2D eigenvalue weighted by molar-refractivity contribution is 0.102. The van der Waals surface area contributed by atoms with Gasteiger partial charge in [0.25, 0.3) is 5.91 Å². The molecule has 1 amide bonds. The van der Waals surface area contributed by atoms with Crippen LogP contribution in [0.25, 0.3) is 17.2 Å². The van der Waals surface area contributed by atoms with Gasteiger partial charge in [-0.05, 0) is 50.1 Å². The summed E-state index contributed by atoms with van der Waals surface area (Å²) in [5.74, 6) is 1.28. The van der Waals surface area contributed by atoms with Gasteiger partial charge in [-0.2, -0.15) is 5.10 Å². The Bertz CT molecular complexity index is 1280. The largest absolute Gasteiger partial charge is 0.319 e. The van der Waals surface area contributed by atoms with E-state index >= 15 is 0 Å². The van der Waals surface area contributed by atoms with Crippen molar-refractivity contribution in [3.8, 4) is 17.2 Å². The molecule has 0 saturated heterocycles. The Morgan fingerprint density at radius 2 is 2.03 bits per heavy atom. The second-order valence-electron chi connectivity index (χ2n) is 7.79. The number of hydrogen-bond acceptors (Lipinski definition) is 5. The summed E-state index contributed by atoms with van der Waals surface area (Å²) in [6.45, 7) is 2.61. The third kappa shape index (κ3) is 3.66. The van der Waals surface area contributed by atoms with Crippen LogP contribution >= 0.6 is 0 Å². The van der Waals surface area contributed by atoms with Crippen LogP contribution in [-0.2, 0) is 13.0 Å². The summed E-state index contributed by atoms with van der Waals surface area (Å²) in [4.78, 5) is 17.2. The highest BCUT2D eigenvalue weighted by Crippen LogP contribution is 2.27. The summed E-state index contributed by atoms with van der Waals surface area (Å²) in [5, 5.41) is 15.6. The lowest BCUT2D eigenvalue weighted by Crippen LogP contribution is -2.14. The maximum Gasteiger partial charge on any atom is 0.259 e. The Balaban J connectivity index is 1.43. The molecule has 162 valence electrons. The third-order valence-corrected chi connectivity index (χ3v) is 5.70. The number of aryl methyl sites for hydroxylation is 1. The molecule has 5 rings (SSSR count). The van der Waals surface area contributed by atoms with Gasteiger partial charge >= 0.3 is 0 Å². The molecule has 1 N–H and O–H groups in total. The van der Waals surface area contributed by atoms with E-state index < -0.39 is 11.7 Å². The van der Waals surface area contributed by atoms with Crippen LogP contribution in [0.2, 0.25) is 0 Å². The quantitative estimate of drug-likeness (QED) is 0.528. The summed E-state index contributed by atoms with van der Waals surface area (Å²) in [5.41, 5.74) is 1.75. The number of aromatic nitrogens is 6. The van der Waals surface area contributed by atoms with E-state index in [9.17, 15) is 9.18 Å². The molecule has 4 heterocycles. The predicted octanol–water partition coefficient (Wildman–Crippen LogP) is 3.95. The smallest absolute Gasteiger partial charge is 0.259 e. The highest BCUT2D eigenvalue weighted by molar-refractivity contribution is 6.05. The van der Waals surface area contributed by atoms with Crippen LogP contribution in [0.1, 0.15) is 41.1 Å². The lowest BCUT2D eigenvalue weighted by Gasteiger charge is -2.10. The van der Waals surface area contributed by atoms with Crippen molar-refractivity contribution >= 4 is 11.6 Å². The number of anilines is 1. The van der Waals surface area contributed by atoms with Crippen LogP contribution in [0.15, 0.2) is 48.8 Å². The molecule has 0 atom stereocenters. The van der Waals surface area contributed by atoms with Gasteiger partial charge in [-0.25, -0.2) is 14.1 Å². The highest BCUT2D eigenvalue weighted by atomic mass is 19.1. The molecule has 0 aliphatic carbocycles. The topological polar surface area (TPSA) is 90.5 Å². The summed E-state index contributed by atoms with van der Waals surface area (Å²) < 4.78 is 18.2. The molecule has 4 aromatic rings. The van der Waals surface area contributed by atoms with Gasteiger partial charge in [0.15, 0.2) is 11.6 Å². The molecule has 1 aromatic carbocycles. The second-order valence-corrected chi connectivity index (χ2v) is 7.79. The normalized spacial score (nSPS) is 13.4. The van der Waals surface area contributed by atoms with Gasteiger partial charge in [0.2, 0.25) is 0 Å². The Labute approximate surface area is 184 Å².